The lowest BCUT2D eigenvalue weighted by Gasteiger charge is -2.15. The lowest BCUT2D eigenvalue weighted by Crippen LogP contribution is -2.21. The van der Waals surface area contributed by atoms with E-state index in [4.69, 9.17) is 0 Å². The number of hydrogen-bond acceptors (Lipinski definition) is 6. The Hall–Kier alpha value is -3.38. The summed E-state index contributed by atoms with van der Waals surface area (Å²) < 4.78 is 73.3. The first kappa shape index (κ1) is 22.8. The van der Waals surface area contributed by atoms with Gasteiger partial charge < -0.3 is 4.74 Å². The van der Waals surface area contributed by atoms with Crippen molar-refractivity contribution in [3.63, 3.8) is 0 Å². The van der Waals surface area contributed by atoms with E-state index in [9.17, 15) is 21.6 Å². The van der Waals surface area contributed by atoms with Gasteiger partial charge in [-0.15, -0.1) is 21.5 Å². The summed E-state index contributed by atoms with van der Waals surface area (Å²) in [5.41, 5.74) is 0.891. The van der Waals surface area contributed by atoms with Crippen molar-refractivity contribution in [2.45, 2.75) is 13.0 Å². The molecule has 0 fully saturated rings. The lowest BCUT2D eigenvalue weighted by molar-refractivity contribution is -0.0498. The quantitative estimate of drug-likeness (QED) is 0.364. The van der Waals surface area contributed by atoms with Crippen LogP contribution in [-0.2, 0) is 16.4 Å². The predicted molar refractivity (Wildman–Crippen MR) is 119 cm³/mol. The predicted octanol–water partition coefficient (Wildman–Crippen LogP) is 4.72. The molecule has 2 heterocycles. The van der Waals surface area contributed by atoms with Crippen LogP contribution in [0, 0.1) is 5.13 Å². The second kappa shape index (κ2) is 9.63. The monoisotopic (exact) mass is 494 g/mol. The van der Waals surface area contributed by atoms with Crippen LogP contribution in [-0.4, -0.2) is 35.5 Å². The number of nitrogens with one attached hydrogen (secondary N) is 1. The van der Waals surface area contributed by atoms with Crippen molar-refractivity contribution in [3.8, 4) is 22.1 Å². The number of alkyl halides is 2. The molecule has 0 saturated heterocycles. The average molecular weight is 495 g/mol. The molecule has 2 aromatic carbocycles. The van der Waals surface area contributed by atoms with E-state index in [0.29, 0.717) is 4.88 Å². The van der Waals surface area contributed by atoms with E-state index in [1.54, 1.807) is 30.3 Å². The van der Waals surface area contributed by atoms with Gasteiger partial charge in [-0.2, -0.15) is 13.2 Å². The Morgan fingerprint density at radius 1 is 1.00 bits per heavy atom. The third-order valence-corrected chi connectivity index (χ3v) is 6.63. The van der Waals surface area contributed by atoms with Gasteiger partial charge in [-0.05, 0) is 36.2 Å². The van der Waals surface area contributed by atoms with Gasteiger partial charge in [-0.25, -0.2) is 8.42 Å². The zero-order chi connectivity index (χ0) is 23.4. The van der Waals surface area contributed by atoms with Gasteiger partial charge in [0.05, 0.1) is 16.3 Å². The highest BCUT2D eigenvalue weighted by Gasteiger charge is 2.24. The Bertz CT molecular complexity index is 1340. The van der Waals surface area contributed by atoms with E-state index in [1.807, 2.05) is 6.07 Å². The van der Waals surface area contributed by atoms with Gasteiger partial charge in [-0.1, -0.05) is 42.5 Å². The van der Waals surface area contributed by atoms with Crippen LogP contribution >= 0.6 is 11.3 Å². The van der Waals surface area contributed by atoms with Crippen LogP contribution in [0.3, 0.4) is 0 Å². The van der Waals surface area contributed by atoms with Crippen molar-refractivity contribution in [2.75, 3.05) is 10.5 Å². The van der Waals surface area contributed by atoms with Crippen molar-refractivity contribution < 1.29 is 26.3 Å². The fraction of sp³-hybridized carbons (Fsp3) is 0.143. The molecule has 0 aliphatic heterocycles. The number of anilines is 1. The van der Waals surface area contributed by atoms with E-state index in [1.165, 1.54) is 34.9 Å². The van der Waals surface area contributed by atoms with Crippen molar-refractivity contribution in [1.29, 1.82) is 0 Å². The number of aryl methyl sites for hydroxylation is 1. The molecule has 2 aromatic heterocycles. The maximum Gasteiger partial charge on any atom is 0.387 e. The van der Waals surface area contributed by atoms with E-state index in [2.05, 4.69) is 19.7 Å². The van der Waals surface area contributed by atoms with Gasteiger partial charge in [0.15, 0.2) is 11.0 Å². The molecule has 4 aromatic rings. The van der Waals surface area contributed by atoms with Crippen LogP contribution in [0.25, 0.3) is 16.4 Å². The first-order valence-corrected chi connectivity index (χ1v) is 12.1. The Morgan fingerprint density at radius 3 is 2.42 bits per heavy atom. The summed E-state index contributed by atoms with van der Waals surface area (Å²) >= 11 is 0.752. The third kappa shape index (κ3) is 5.52. The minimum atomic E-state index is -3.90. The molecule has 12 heteroatoms. The first-order valence-electron chi connectivity index (χ1n) is 9.62. The number of rotatable bonds is 9. The zero-order valence-electron chi connectivity index (χ0n) is 16.9. The summed E-state index contributed by atoms with van der Waals surface area (Å²) in [6.45, 7) is -3.11. The van der Waals surface area contributed by atoms with Gasteiger partial charge in [0.25, 0.3) is 0 Å². The molecule has 0 radical (unpaired) electrons. The first-order chi connectivity index (χ1) is 15.8. The Balaban J connectivity index is 1.73. The van der Waals surface area contributed by atoms with E-state index >= 15 is 0 Å². The summed E-state index contributed by atoms with van der Waals surface area (Å²) in [5.74, 6) is -0.648. The number of ether oxygens (including phenoxy) is 1. The highest BCUT2D eigenvalue weighted by atomic mass is 32.2. The minimum absolute atomic E-state index is 0.0624. The zero-order valence-corrected chi connectivity index (χ0v) is 18.5. The molecular formula is C21H17F3N4O3S2. The second-order valence-corrected chi connectivity index (χ2v) is 9.66. The van der Waals surface area contributed by atoms with Crippen molar-refractivity contribution in [2.24, 2.45) is 0 Å². The smallest absolute Gasteiger partial charge is 0.387 e. The SMILES string of the molecule is O=S(=O)(CCc1ccccc1)Nc1nnc(-c2ccc(F)s2)n1-c1ccccc1OC(F)F. The molecule has 0 unspecified atom stereocenters. The van der Waals surface area contributed by atoms with Crippen molar-refractivity contribution in [3.05, 3.63) is 77.4 Å². The second-order valence-electron chi connectivity index (χ2n) is 6.79. The largest absolute Gasteiger partial charge is 0.433 e. The van der Waals surface area contributed by atoms with Gasteiger partial charge in [-0.3, -0.25) is 9.29 Å². The maximum absolute atomic E-state index is 13.7. The van der Waals surface area contributed by atoms with E-state index < -0.39 is 21.8 Å². The molecular weight excluding hydrogens is 477 g/mol. The van der Waals surface area contributed by atoms with Gasteiger partial charge >= 0.3 is 6.61 Å². The van der Waals surface area contributed by atoms with Crippen LogP contribution in [0.15, 0.2) is 66.7 Å². The molecule has 0 spiro atoms. The number of aromatic nitrogens is 3. The van der Waals surface area contributed by atoms with E-state index in [-0.39, 0.29) is 35.4 Å². The Labute approximate surface area is 191 Å². The molecule has 0 aliphatic rings. The number of hydrogen-bond donors (Lipinski definition) is 1. The number of para-hydroxylation sites is 2. The van der Waals surface area contributed by atoms with Crippen LogP contribution < -0.4 is 9.46 Å². The number of benzene rings is 2. The average Bonchev–Trinajstić information content (AvgIpc) is 3.39. The van der Waals surface area contributed by atoms with Gasteiger partial charge in [0.2, 0.25) is 16.0 Å². The Morgan fingerprint density at radius 2 is 1.73 bits per heavy atom. The lowest BCUT2D eigenvalue weighted by atomic mass is 10.2. The summed E-state index contributed by atoms with van der Waals surface area (Å²) in [7, 11) is -3.90. The highest BCUT2D eigenvalue weighted by Crippen LogP contribution is 2.34. The molecule has 0 aliphatic carbocycles. The van der Waals surface area contributed by atoms with Crippen LogP contribution in [0.1, 0.15) is 5.56 Å². The topological polar surface area (TPSA) is 86.1 Å². The standard InChI is InChI=1S/C21H17F3N4O3S2/c22-18-11-10-17(32-18)19-25-26-21(27-33(29,30)13-12-14-6-2-1-3-7-14)28(19)15-8-4-5-9-16(15)31-20(23)24/h1-11,20H,12-13H2,(H,26,27). The third-order valence-electron chi connectivity index (χ3n) is 4.53. The fourth-order valence-electron chi connectivity index (χ4n) is 3.10. The Kier molecular flexibility index (Phi) is 6.65. The molecule has 172 valence electrons. The number of halogens is 3. The van der Waals surface area contributed by atoms with Gasteiger partial charge in [0.1, 0.15) is 5.75 Å². The maximum atomic E-state index is 13.7. The molecule has 7 nitrogen and oxygen atoms in total. The number of thiophene rings is 1. The molecule has 0 saturated carbocycles. The molecule has 1 N–H and O–H groups in total. The fourth-order valence-corrected chi connectivity index (χ4v) is 4.82. The molecule has 0 bridgehead atoms. The summed E-state index contributed by atoms with van der Waals surface area (Å²) in [6.07, 6.45) is 0.248. The number of sulfonamides is 1. The number of nitrogens with zero attached hydrogens (tertiary/aromatic N) is 3. The molecule has 0 amide bonds. The molecule has 33 heavy (non-hydrogen) atoms. The summed E-state index contributed by atoms with van der Waals surface area (Å²) in [5, 5.41) is 7.39. The highest BCUT2D eigenvalue weighted by molar-refractivity contribution is 7.92. The minimum Gasteiger partial charge on any atom is -0.433 e. The summed E-state index contributed by atoms with van der Waals surface area (Å²) in [4.78, 5) is 0.321. The van der Waals surface area contributed by atoms with Crippen LogP contribution in [0.2, 0.25) is 0 Å². The van der Waals surface area contributed by atoms with Crippen LogP contribution in [0.5, 0.6) is 5.75 Å². The molecule has 4 rings (SSSR count). The van der Waals surface area contributed by atoms with Gasteiger partial charge in [0, 0.05) is 0 Å². The van der Waals surface area contributed by atoms with Crippen molar-refractivity contribution >= 4 is 27.3 Å². The van der Waals surface area contributed by atoms with Crippen LogP contribution in [0.4, 0.5) is 19.1 Å². The normalized spacial score (nSPS) is 11.6. The van der Waals surface area contributed by atoms with Crippen molar-refractivity contribution in [1.82, 2.24) is 14.8 Å². The van der Waals surface area contributed by atoms with E-state index in [0.717, 1.165) is 16.9 Å². The summed E-state index contributed by atoms with van der Waals surface area (Å²) in [6, 6.07) is 17.5. The molecule has 0 atom stereocenters.